The predicted octanol–water partition coefficient (Wildman–Crippen LogP) is 2.84. The molecule has 1 aromatic carbocycles. The molecule has 0 aliphatic heterocycles. The minimum Gasteiger partial charge on any atom is -0.497 e. The zero-order valence-corrected chi connectivity index (χ0v) is 10.7. The van der Waals surface area contributed by atoms with E-state index in [0.29, 0.717) is 18.0 Å². The monoisotopic (exact) mass is 259 g/mol. The fourth-order valence-corrected chi connectivity index (χ4v) is 1.49. The quantitative estimate of drug-likeness (QED) is 0.728. The third-order valence-corrected chi connectivity index (χ3v) is 2.38. The molecule has 0 saturated heterocycles. The van der Waals surface area contributed by atoms with Crippen LogP contribution in [0.1, 0.15) is 18.9 Å². The minimum absolute atomic E-state index is 0.443. The van der Waals surface area contributed by atoms with Crippen molar-refractivity contribution >= 4 is 0 Å². The predicted molar refractivity (Wildman–Crippen MR) is 66.5 cm³/mol. The highest BCUT2D eigenvalue weighted by Crippen LogP contribution is 2.25. The Balaban J connectivity index is 2.72. The summed E-state index contributed by atoms with van der Waals surface area (Å²) in [4.78, 5) is 0. The molecule has 0 radical (unpaired) electrons. The number of benzene rings is 1. The first-order valence-electron chi connectivity index (χ1n) is 5.96. The fourth-order valence-electron chi connectivity index (χ4n) is 1.49. The minimum atomic E-state index is -2.48. The van der Waals surface area contributed by atoms with Crippen LogP contribution in [0, 0.1) is 0 Å². The van der Waals surface area contributed by atoms with Crippen molar-refractivity contribution in [1.29, 1.82) is 0 Å². The third-order valence-electron chi connectivity index (χ3n) is 2.38. The zero-order chi connectivity index (χ0) is 13.4. The van der Waals surface area contributed by atoms with E-state index in [2.05, 4.69) is 12.2 Å². The van der Waals surface area contributed by atoms with Gasteiger partial charge in [0, 0.05) is 18.2 Å². The van der Waals surface area contributed by atoms with Gasteiger partial charge in [0.1, 0.15) is 18.1 Å². The lowest BCUT2D eigenvalue weighted by atomic mass is 10.2. The Morgan fingerprint density at radius 1 is 1.33 bits per heavy atom. The van der Waals surface area contributed by atoms with Crippen LogP contribution in [0.5, 0.6) is 11.5 Å². The Kier molecular flexibility index (Phi) is 6.43. The van der Waals surface area contributed by atoms with Crippen LogP contribution in [0.4, 0.5) is 8.78 Å². The van der Waals surface area contributed by atoms with Gasteiger partial charge in [0.25, 0.3) is 6.43 Å². The first-order valence-corrected chi connectivity index (χ1v) is 5.96. The number of nitrogens with one attached hydrogen (secondary N) is 1. The number of rotatable bonds is 8. The molecule has 0 unspecified atom stereocenters. The maximum absolute atomic E-state index is 12.2. The van der Waals surface area contributed by atoms with Crippen LogP contribution in [0.2, 0.25) is 0 Å². The zero-order valence-electron chi connectivity index (χ0n) is 10.7. The van der Waals surface area contributed by atoms with Crippen molar-refractivity contribution in [2.45, 2.75) is 26.3 Å². The summed E-state index contributed by atoms with van der Waals surface area (Å²) in [7, 11) is 1.53. The molecule has 5 heteroatoms. The Bertz CT molecular complexity index is 359. The lowest BCUT2D eigenvalue weighted by Gasteiger charge is -2.13. The molecular formula is C13H19F2NO2. The lowest BCUT2D eigenvalue weighted by Crippen LogP contribution is -2.15. The molecular weight excluding hydrogens is 240 g/mol. The van der Waals surface area contributed by atoms with Gasteiger partial charge < -0.3 is 14.8 Å². The molecule has 0 heterocycles. The summed E-state index contributed by atoms with van der Waals surface area (Å²) < 4.78 is 34.5. The Morgan fingerprint density at radius 3 is 2.72 bits per heavy atom. The molecule has 0 atom stereocenters. The standard InChI is InChI=1S/C13H19F2NO2/c1-3-6-16-8-10-4-5-11(17-2)7-12(10)18-9-13(14)15/h4-5,7,13,16H,3,6,8-9H2,1-2H3. The summed E-state index contributed by atoms with van der Waals surface area (Å²) >= 11 is 0. The maximum Gasteiger partial charge on any atom is 0.272 e. The fraction of sp³-hybridized carbons (Fsp3) is 0.538. The van der Waals surface area contributed by atoms with Crippen LogP contribution in [0.3, 0.4) is 0 Å². The smallest absolute Gasteiger partial charge is 0.272 e. The molecule has 0 aliphatic carbocycles. The highest BCUT2D eigenvalue weighted by atomic mass is 19.3. The molecule has 1 aromatic rings. The molecule has 1 rings (SSSR count). The third kappa shape index (κ3) is 4.87. The average Bonchev–Trinajstić information content (AvgIpc) is 2.37. The van der Waals surface area contributed by atoms with E-state index in [9.17, 15) is 8.78 Å². The first kappa shape index (κ1) is 14.7. The van der Waals surface area contributed by atoms with Crippen molar-refractivity contribution in [2.24, 2.45) is 0 Å². The van der Waals surface area contributed by atoms with Crippen LogP contribution in [0.15, 0.2) is 18.2 Å². The van der Waals surface area contributed by atoms with Gasteiger partial charge in [-0.1, -0.05) is 13.0 Å². The van der Waals surface area contributed by atoms with Crippen LogP contribution >= 0.6 is 0 Å². The topological polar surface area (TPSA) is 30.5 Å². The van der Waals surface area contributed by atoms with Gasteiger partial charge in [-0.15, -0.1) is 0 Å². The van der Waals surface area contributed by atoms with Gasteiger partial charge in [0.05, 0.1) is 7.11 Å². The van der Waals surface area contributed by atoms with Crippen molar-refractivity contribution in [3.8, 4) is 11.5 Å². The number of alkyl halides is 2. The number of ether oxygens (including phenoxy) is 2. The van der Waals surface area contributed by atoms with E-state index in [1.807, 2.05) is 6.07 Å². The van der Waals surface area contributed by atoms with Crippen molar-refractivity contribution in [3.05, 3.63) is 23.8 Å². The van der Waals surface area contributed by atoms with E-state index in [0.717, 1.165) is 18.5 Å². The second-order valence-corrected chi connectivity index (χ2v) is 3.85. The van der Waals surface area contributed by atoms with Gasteiger partial charge in [-0.25, -0.2) is 8.78 Å². The van der Waals surface area contributed by atoms with Crippen LogP contribution in [-0.4, -0.2) is 26.7 Å². The van der Waals surface area contributed by atoms with Gasteiger partial charge >= 0.3 is 0 Å². The molecule has 0 amide bonds. The first-order chi connectivity index (χ1) is 8.67. The second-order valence-electron chi connectivity index (χ2n) is 3.85. The van der Waals surface area contributed by atoms with E-state index >= 15 is 0 Å². The number of halogens is 2. The summed E-state index contributed by atoms with van der Waals surface area (Å²) in [5.41, 5.74) is 0.852. The molecule has 102 valence electrons. The Labute approximate surface area is 106 Å². The molecule has 0 aliphatic rings. The van der Waals surface area contributed by atoms with Crippen LogP contribution in [0.25, 0.3) is 0 Å². The Hall–Kier alpha value is -1.36. The van der Waals surface area contributed by atoms with Crippen LogP contribution < -0.4 is 14.8 Å². The van der Waals surface area contributed by atoms with E-state index in [-0.39, 0.29) is 0 Å². The van der Waals surface area contributed by atoms with Crippen molar-refractivity contribution in [1.82, 2.24) is 5.32 Å². The molecule has 1 N–H and O–H groups in total. The van der Waals surface area contributed by atoms with Gasteiger partial charge in [0.15, 0.2) is 0 Å². The highest BCUT2D eigenvalue weighted by Gasteiger charge is 2.09. The van der Waals surface area contributed by atoms with Gasteiger partial charge in [-0.3, -0.25) is 0 Å². The van der Waals surface area contributed by atoms with E-state index in [1.165, 1.54) is 7.11 Å². The summed E-state index contributed by atoms with van der Waals surface area (Å²) in [5.74, 6) is 1.04. The molecule has 0 bridgehead atoms. The number of hydrogen-bond donors (Lipinski definition) is 1. The van der Waals surface area contributed by atoms with Crippen molar-refractivity contribution < 1.29 is 18.3 Å². The normalized spacial score (nSPS) is 10.7. The molecule has 0 fully saturated rings. The summed E-state index contributed by atoms with van der Waals surface area (Å²) in [6.07, 6.45) is -1.46. The highest BCUT2D eigenvalue weighted by molar-refractivity contribution is 5.40. The molecule has 0 aromatic heterocycles. The largest absolute Gasteiger partial charge is 0.497 e. The van der Waals surface area contributed by atoms with Crippen molar-refractivity contribution in [2.75, 3.05) is 20.3 Å². The van der Waals surface area contributed by atoms with Gasteiger partial charge in [-0.05, 0) is 19.0 Å². The summed E-state index contributed by atoms with van der Waals surface area (Å²) in [5, 5.41) is 3.21. The van der Waals surface area contributed by atoms with E-state index in [1.54, 1.807) is 12.1 Å². The van der Waals surface area contributed by atoms with Crippen LogP contribution in [-0.2, 0) is 6.54 Å². The number of methoxy groups -OCH3 is 1. The van der Waals surface area contributed by atoms with Gasteiger partial charge in [0.2, 0.25) is 0 Å². The summed E-state index contributed by atoms with van der Waals surface area (Å²) in [6, 6.07) is 5.24. The summed E-state index contributed by atoms with van der Waals surface area (Å²) in [6.45, 7) is 2.93. The average molecular weight is 259 g/mol. The Morgan fingerprint density at radius 2 is 2.11 bits per heavy atom. The molecule has 3 nitrogen and oxygen atoms in total. The lowest BCUT2D eigenvalue weighted by molar-refractivity contribution is 0.0812. The maximum atomic E-state index is 12.2. The SMILES string of the molecule is CCCNCc1ccc(OC)cc1OCC(F)F. The van der Waals surface area contributed by atoms with Crippen molar-refractivity contribution in [3.63, 3.8) is 0 Å². The molecule has 0 saturated carbocycles. The molecule has 18 heavy (non-hydrogen) atoms. The molecule has 0 spiro atoms. The van der Waals surface area contributed by atoms with E-state index in [4.69, 9.17) is 9.47 Å². The van der Waals surface area contributed by atoms with E-state index < -0.39 is 13.0 Å². The second kappa shape index (κ2) is 7.87. The van der Waals surface area contributed by atoms with Gasteiger partial charge in [-0.2, -0.15) is 0 Å². The number of hydrogen-bond acceptors (Lipinski definition) is 3.